The highest BCUT2D eigenvalue weighted by molar-refractivity contribution is 6.07. The van der Waals surface area contributed by atoms with Crippen LogP contribution in [0.3, 0.4) is 0 Å². The molecule has 2 aromatic carbocycles. The number of aromatic nitrogens is 1. The Morgan fingerprint density at radius 3 is 2.56 bits per heavy atom. The van der Waals surface area contributed by atoms with Gasteiger partial charge in [0.25, 0.3) is 5.91 Å². The molecule has 1 aliphatic rings. The molecule has 3 aromatic rings. The Kier molecular flexibility index (Phi) is 5.23. The first kappa shape index (κ1) is 20.9. The molecule has 0 saturated carbocycles. The molecule has 0 atom stereocenters. The van der Waals surface area contributed by atoms with Gasteiger partial charge in [0.2, 0.25) is 0 Å². The first-order valence-corrected chi connectivity index (χ1v) is 9.63. The van der Waals surface area contributed by atoms with Gasteiger partial charge in [0, 0.05) is 30.2 Å². The second-order valence-corrected chi connectivity index (χ2v) is 7.26. The average Bonchev–Trinajstić information content (AvgIpc) is 2.76. The number of carbonyl (C=O) groups is 3. The van der Waals surface area contributed by atoms with Crippen LogP contribution in [0.1, 0.15) is 26.4 Å². The van der Waals surface area contributed by atoms with Crippen molar-refractivity contribution in [3.63, 3.8) is 0 Å². The molecule has 0 unspecified atom stereocenters. The van der Waals surface area contributed by atoms with Gasteiger partial charge in [0.15, 0.2) is 6.61 Å². The summed E-state index contributed by atoms with van der Waals surface area (Å²) in [4.78, 5) is 41.2. The van der Waals surface area contributed by atoms with Crippen LogP contribution in [0.15, 0.2) is 48.7 Å². The molecule has 0 fully saturated rings. The van der Waals surface area contributed by atoms with Crippen molar-refractivity contribution < 1.29 is 29.3 Å². The Morgan fingerprint density at radius 2 is 1.88 bits per heavy atom. The second kappa shape index (κ2) is 8.03. The number of hydrogen-bond donors (Lipinski definition) is 3. The maximum Gasteiger partial charge on any atom is 0.338 e. The summed E-state index contributed by atoms with van der Waals surface area (Å²) in [6.07, 6.45) is 1.65. The Hall–Kier alpha value is -4.40. The summed E-state index contributed by atoms with van der Waals surface area (Å²) in [6.45, 7) is 1.76. The Balaban J connectivity index is 1.92. The maximum absolute atomic E-state index is 12.1. The number of fused-ring (bicyclic) bond motifs is 1. The Labute approximate surface area is 182 Å². The molecule has 0 radical (unpaired) electrons. The molecule has 1 amide bonds. The van der Waals surface area contributed by atoms with Crippen molar-refractivity contribution in [3.8, 4) is 16.9 Å². The molecule has 1 aliphatic heterocycles. The van der Waals surface area contributed by atoms with Gasteiger partial charge in [-0.3, -0.25) is 9.78 Å². The molecule has 4 rings (SSSR count). The molecule has 0 aliphatic carbocycles. The third-order valence-electron chi connectivity index (χ3n) is 5.17. The van der Waals surface area contributed by atoms with Crippen molar-refractivity contribution in [2.24, 2.45) is 0 Å². The van der Waals surface area contributed by atoms with E-state index in [4.69, 9.17) is 4.74 Å². The molecule has 0 bridgehead atoms. The fourth-order valence-electron chi connectivity index (χ4n) is 3.58. The van der Waals surface area contributed by atoms with E-state index < -0.39 is 11.9 Å². The van der Waals surface area contributed by atoms with Gasteiger partial charge < -0.3 is 25.2 Å². The van der Waals surface area contributed by atoms with E-state index in [1.807, 2.05) is 13.0 Å². The van der Waals surface area contributed by atoms with Gasteiger partial charge in [-0.05, 0) is 48.9 Å². The fraction of sp³-hybridized carbons (Fsp3) is 0.130. The average molecular weight is 433 g/mol. The van der Waals surface area contributed by atoms with Crippen LogP contribution in [0.2, 0.25) is 0 Å². The van der Waals surface area contributed by atoms with Gasteiger partial charge in [-0.1, -0.05) is 6.07 Å². The lowest BCUT2D eigenvalue weighted by molar-refractivity contribution is -0.120. The highest BCUT2D eigenvalue weighted by Crippen LogP contribution is 2.42. The van der Waals surface area contributed by atoms with Crippen LogP contribution in [0.25, 0.3) is 11.1 Å². The lowest BCUT2D eigenvalue weighted by Gasteiger charge is -2.28. The summed E-state index contributed by atoms with van der Waals surface area (Å²) < 4.78 is 5.61. The smallest absolute Gasteiger partial charge is 0.338 e. The number of carbonyl (C=O) groups excluding carboxylic acids is 1. The predicted octanol–water partition coefficient (Wildman–Crippen LogP) is 3.55. The first-order chi connectivity index (χ1) is 15.3. The summed E-state index contributed by atoms with van der Waals surface area (Å²) in [5, 5.41) is 22.2. The Bertz CT molecular complexity index is 1270. The molecular weight excluding hydrogens is 414 g/mol. The zero-order valence-electron chi connectivity index (χ0n) is 17.2. The van der Waals surface area contributed by atoms with Gasteiger partial charge in [0.05, 0.1) is 22.5 Å². The largest absolute Gasteiger partial charge is 0.482 e. The molecule has 2 heterocycles. The van der Waals surface area contributed by atoms with E-state index >= 15 is 0 Å². The monoisotopic (exact) mass is 433 g/mol. The molecule has 0 spiro atoms. The number of aromatic carboxylic acids is 2. The number of likely N-dealkylation sites (N-methyl/N-ethyl adjacent to an activating group) is 1. The predicted molar refractivity (Wildman–Crippen MR) is 117 cm³/mol. The number of nitrogens with one attached hydrogen (secondary N) is 1. The number of aryl methyl sites for hydroxylation is 1. The second-order valence-electron chi connectivity index (χ2n) is 7.26. The topological polar surface area (TPSA) is 129 Å². The van der Waals surface area contributed by atoms with Crippen LogP contribution in [0.4, 0.5) is 17.1 Å². The van der Waals surface area contributed by atoms with Crippen LogP contribution >= 0.6 is 0 Å². The van der Waals surface area contributed by atoms with Crippen molar-refractivity contribution in [1.29, 1.82) is 0 Å². The van der Waals surface area contributed by atoms with Gasteiger partial charge in [0.1, 0.15) is 5.75 Å². The van der Waals surface area contributed by atoms with E-state index in [1.54, 1.807) is 31.4 Å². The lowest BCUT2D eigenvalue weighted by atomic mass is 10.00. The quantitative estimate of drug-likeness (QED) is 0.557. The van der Waals surface area contributed by atoms with Crippen LogP contribution in [-0.2, 0) is 4.79 Å². The first-order valence-electron chi connectivity index (χ1n) is 9.63. The van der Waals surface area contributed by atoms with E-state index in [2.05, 4.69) is 10.3 Å². The van der Waals surface area contributed by atoms with Gasteiger partial charge >= 0.3 is 11.9 Å². The van der Waals surface area contributed by atoms with Gasteiger partial charge in [-0.15, -0.1) is 0 Å². The van der Waals surface area contributed by atoms with Crippen LogP contribution < -0.4 is 15.0 Å². The third-order valence-corrected chi connectivity index (χ3v) is 5.17. The van der Waals surface area contributed by atoms with Crippen LogP contribution in [-0.4, -0.2) is 46.7 Å². The summed E-state index contributed by atoms with van der Waals surface area (Å²) in [5.41, 5.74) is 2.63. The molecule has 9 nitrogen and oxygen atoms in total. The van der Waals surface area contributed by atoms with E-state index in [9.17, 15) is 24.6 Å². The Morgan fingerprint density at radius 1 is 1.09 bits per heavy atom. The SMILES string of the molecule is Cc1cc(-c2cc3c(cc2Nc2cccc(C(=O)O)c2C(=O)O)N(C)C(=O)CO3)ccn1. The highest BCUT2D eigenvalue weighted by Gasteiger charge is 2.26. The maximum atomic E-state index is 12.1. The van der Waals surface area contributed by atoms with E-state index in [-0.39, 0.29) is 29.3 Å². The summed E-state index contributed by atoms with van der Waals surface area (Å²) in [7, 11) is 1.62. The van der Waals surface area contributed by atoms with Gasteiger partial charge in [-0.2, -0.15) is 0 Å². The van der Waals surface area contributed by atoms with Crippen molar-refractivity contribution in [2.75, 3.05) is 23.9 Å². The number of rotatable bonds is 5. The number of nitrogens with zero attached hydrogens (tertiary/aromatic N) is 2. The summed E-state index contributed by atoms with van der Waals surface area (Å²) >= 11 is 0. The minimum atomic E-state index is -1.37. The zero-order valence-corrected chi connectivity index (χ0v) is 17.2. The number of pyridine rings is 1. The number of carboxylic acids is 2. The fourth-order valence-corrected chi connectivity index (χ4v) is 3.58. The van der Waals surface area contributed by atoms with Crippen molar-refractivity contribution >= 4 is 34.9 Å². The molecule has 1 aromatic heterocycles. The molecule has 32 heavy (non-hydrogen) atoms. The number of hydrogen-bond acceptors (Lipinski definition) is 6. The number of carboxylic acid groups (broad SMARTS) is 2. The standard InChI is InChI=1S/C23H19N3O6/c1-12-8-13(6-7-24-12)15-9-19-18(26(2)20(27)11-32-19)10-17(15)25-16-5-3-4-14(22(28)29)21(16)23(30)31/h3-10,25H,11H2,1-2H3,(H,28,29)(H,30,31). The third kappa shape index (κ3) is 3.71. The van der Waals surface area contributed by atoms with Crippen molar-refractivity contribution in [3.05, 3.63) is 65.5 Å². The van der Waals surface area contributed by atoms with Gasteiger partial charge in [-0.25, -0.2) is 9.59 Å². The zero-order chi connectivity index (χ0) is 23.0. The molecule has 162 valence electrons. The van der Waals surface area contributed by atoms with Crippen LogP contribution in [0.5, 0.6) is 5.75 Å². The number of benzene rings is 2. The number of ether oxygens (including phenoxy) is 1. The van der Waals surface area contributed by atoms with E-state index in [1.165, 1.54) is 23.1 Å². The van der Waals surface area contributed by atoms with E-state index in [0.29, 0.717) is 22.7 Å². The minimum absolute atomic E-state index is 0.0884. The lowest BCUT2D eigenvalue weighted by Crippen LogP contribution is -2.35. The number of amides is 1. The minimum Gasteiger partial charge on any atom is -0.482 e. The normalized spacial score (nSPS) is 12.7. The highest BCUT2D eigenvalue weighted by atomic mass is 16.5. The van der Waals surface area contributed by atoms with Crippen molar-refractivity contribution in [1.82, 2.24) is 4.98 Å². The summed E-state index contributed by atoms with van der Waals surface area (Å²) in [5.74, 6) is -2.45. The molecule has 0 saturated heterocycles. The number of anilines is 3. The van der Waals surface area contributed by atoms with Crippen LogP contribution in [0, 0.1) is 6.92 Å². The molecule has 9 heteroatoms. The molecular formula is C23H19N3O6. The molecule has 3 N–H and O–H groups in total. The van der Waals surface area contributed by atoms with Crippen molar-refractivity contribution in [2.45, 2.75) is 6.92 Å². The van der Waals surface area contributed by atoms with E-state index in [0.717, 1.165) is 11.3 Å². The summed E-state index contributed by atoms with van der Waals surface area (Å²) in [6, 6.07) is 11.3.